The molecule has 0 aliphatic rings. The second-order valence-corrected chi connectivity index (χ2v) is 3.57. The molecule has 0 saturated heterocycles. The lowest BCUT2D eigenvalue weighted by molar-refractivity contribution is 0.123. The highest BCUT2D eigenvalue weighted by molar-refractivity contribution is 4.75. The third-order valence-corrected chi connectivity index (χ3v) is 2.42. The third-order valence-electron chi connectivity index (χ3n) is 2.42. The molecule has 0 spiro atoms. The van der Waals surface area contributed by atoms with Gasteiger partial charge in [-0.25, -0.2) is 0 Å². The van der Waals surface area contributed by atoms with E-state index in [1.807, 2.05) is 0 Å². The van der Waals surface area contributed by atoms with E-state index in [2.05, 4.69) is 24.8 Å². The van der Waals surface area contributed by atoms with Crippen LogP contribution in [0.2, 0.25) is 0 Å². The summed E-state index contributed by atoms with van der Waals surface area (Å²) < 4.78 is 5.06. The summed E-state index contributed by atoms with van der Waals surface area (Å²) in [5, 5.41) is 8.54. The molecule has 0 N–H and O–H groups in total. The van der Waals surface area contributed by atoms with Crippen LogP contribution in [-0.4, -0.2) is 37.7 Å². The fourth-order valence-electron chi connectivity index (χ4n) is 1.56. The van der Waals surface area contributed by atoms with Crippen LogP contribution in [0.25, 0.3) is 0 Å². The first-order valence-electron chi connectivity index (χ1n) is 5.36. The van der Waals surface area contributed by atoms with E-state index < -0.39 is 0 Å². The third kappa shape index (κ3) is 5.95. The number of nitriles is 1. The minimum Gasteiger partial charge on any atom is -0.383 e. The highest BCUT2D eigenvalue weighted by atomic mass is 16.5. The normalized spacial score (nSPS) is 12.8. The van der Waals surface area contributed by atoms with Gasteiger partial charge in [-0.2, -0.15) is 5.26 Å². The van der Waals surface area contributed by atoms with Crippen molar-refractivity contribution in [3.63, 3.8) is 0 Å². The molecule has 0 aromatic rings. The van der Waals surface area contributed by atoms with Gasteiger partial charge in [0.15, 0.2) is 0 Å². The maximum atomic E-state index is 8.54. The van der Waals surface area contributed by atoms with Crippen LogP contribution in [0, 0.1) is 11.3 Å². The molecule has 14 heavy (non-hydrogen) atoms. The Bertz CT molecular complexity index is 165. The van der Waals surface area contributed by atoms with Crippen LogP contribution >= 0.6 is 0 Å². The van der Waals surface area contributed by atoms with Crippen molar-refractivity contribution in [1.29, 1.82) is 5.26 Å². The molecule has 3 heteroatoms. The molecule has 0 radical (unpaired) electrons. The summed E-state index contributed by atoms with van der Waals surface area (Å²) in [5.41, 5.74) is 0. The van der Waals surface area contributed by atoms with Gasteiger partial charge in [0.05, 0.1) is 12.7 Å². The van der Waals surface area contributed by atoms with Gasteiger partial charge in [-0.1, -0.05) is 13.3 Å². The van der Waals surface area contributed by atoms with Gasteiger partial charge >= 0.3 is 0 Å². The van der Waals surface area contributed by atoms with Gasteiger partial charge in [0.25, 0.3) is 0 Å². The molecule has 1 atom stereocenters. The van der Waals surface area contributed by atoms with Gasteiger partial charge < -0.3 is 4.74 Å². The number of methoxy groups -OCH3 is 1. The predicted molar refractivity (Wildman–Crippen MR) is 58.0 cm³/mol. The van der Waals surface area contributed by atoms with E-state index in [1.165, 1.54) is 12.8 Å². The van der Waals surface area contributed by atoms with Gasteiger partial charge in [0.1, 0.15) is 0 Å². The Kier molecular flexibility index (Phi) is 8.61. The molecular formula is C11H22N2O. The van der Waals surface area contributed by atoms with Crippen molar-refractivity contribution in [3.8, 4) is 6.07 Å². The average Bonchev–Trinajstić information content (AvgIpc) is 2.18. The van der Waals surface area contributed by atoms with Gasteiger partial charge in [0.2, 0.25) is 0 Å². The average molecular weight is 198 g/mol. The first kappa shape index (κ1) is 13.4. The molecule has 82 valence electrons. The summed E-state index contributed by atoms with van der Waals surface area (Å²) in [6.07, 6.45) is 2.99. The fourth-order valence-corrected chi connectivity index (χ4v) is 1.56. The van der Waals surface area contributed by atoms with Gasteiger partial charge in [-0.15, -0.1) is 0 Å². The summed E-state index contributed by atoms with van der Waals surface area (Å²) in [7, 11) is 1.72. The van der Waals surface area contributed by atoms with Crippen molar-refractivity contribution in [3.05, 3.63) is 0 Å². The van der Waals surface area contributed by atoms with E-state index >= 15 is 0 Å². The van der Waals surface area contributed by atoms with E-state index in [1.54, 1.807) is 7.11 Å². The van der Waals surface area contributed by atoms with E-state index in [9.17, 15) is 0 Å². The van der Waals surface area contributed by atoms with Crippen molar-refractivity contribution >= 4 is 0 Å². The molecule has 0 saturated carbocycles. The lowest BCUT2D eigenvalue weighted by atomic mass is 10.1. The zero-order chi connectivity index (χ0) is 10.8. The summed E-state index contributed by atoms with van der Waals surface area (Å²) >= 11 is 0. The second-order valence-electron chi connectivity index (χ2n) is 3.57. The van der Waals surface area contributed by atoms with Crippen LogP contribution in [0.3, 0.4) is 0 Å². The largest absolute Gasteiger partial charge is 0.383 e. The molecule has 0 rings (SSSR count). The smallest absolute Gasteiger partial charge is 0.0635 e. The Balaban J connectivity index is 3.88. The molecule has 0 aromatic carbocycles. The van der Waals surface area contributed by atoms with Crippen molar-refractivity contribution in [2.24, 2.45) is 0 Å². The van der Waals surface area contributed by atoms with Crippen LogP contribution in [0.15, 0.2) is 0 Å². The number of ether oxygens (including phenoxy) is 1. The van der Waals surface area contributed by atoms with Crippen LogP contribution in [0.4, 0.5) is 0 Å². The second kappa shape index (κ2) is 8.98. The molecular weight excluding hydrogens is 176 g/mol. The van der Waals surface area contributed by atoms with Crippen LogP contribution in [0.5, 0.6) is 0 Å². The van der Waals surface area contributed by atoms with Crippen molar-refractivity contribution in [2.75, 3.05) is 26.8 Å². The molecule has 0 bridgehead atoms. The molecule has 0 aliphatic carbocycles. The fraction of sp³-hybridized carbons (Fsp3) is 0.909. The molecule has 0 aliphatic heterocycles. The highest BCUT2D eigenvalue weighted by Gasteiger charge is 2.11. The quantitative estimate of drug-likeness (QED) is 0.599. The van der Waals surface area contributed by atoms with E-state index in [0.29, 0.717) is 12.5 Å². The van der Waals surface area contributed by atoms with E-state index in [0.717, 1.165) is 19.7 Å². The Morgan fingerprint density at radius 3 is 2.64 bits per heavy atom. The maximum Gasteiger partial charge on any atom is 0.0635 e. The summed E-state index contributed by atoms with van der Waals surface area (Å²) in [6.45, 7) is 6.95. The topological polar surface area (TPSA) is 36.3 Å². The minimum absolute atomic E-state index is 0.559. The van der Waals surface area contributed by atoms with Crippen LogP contribution < -0.4 is 0 Å². The van der Waals surface area contributed by atoms with Crippen LogP contribution in [0.1, 0.15) is 33.1 Å². The van der Waals surface area contributed by atoms with E-state index in [-0.39, 0.29) is 0 Å². The summed E-state index contributed by atoms with van der Waals surface area (Å²) in [6, 6.07) is 2.75. The van der Waals surface area contributed by atoms with Crippen molar-refractivity contribution in [2.45, 2.75) is 39.2 Å². The Hall–Kier alpha value is -0.590. The van der Waals surface area contributed by atoms with E-state index in [4.69, 9.17) is 10.00 Å². The number of rotatable bonds is 8. The highest BCUT2D eigenvalue weighted by Crippen LogP contribution is 2.06. The minimum atomic E-state index is 0.559. The van der Waals surface area contributed by atoms with Gasteiger partial charge in [-0.05, 0) is 13.3 Å². The molecule has 0 aromatic heterocycles. The summed E-state index contributed by atoms with van der Waals surface area (Å²) in [4.78, 5) is 2.33. The Labute approximate surface area is 87.7 Å². The first-order valence-corrected chi connectivity index (χ1v) is 5.36. The van der Waals surface area contributed by atoms with Gasteiger partial charge in [-0.3, -0.25) is 4.90 Å². The first-order chi connectivity index (χ1) is 6.76. The molecule has 0 amide bonds. The Morgan fingerprint density at radius 2 is 2.14 bits per heavy atom. The number of hydrogen-bond donors (Lipinski definition) is 0. The standard InChI is InChI=1S/C11H22N2O/c1-4-6-11(2)13(8-5-7-12)9-10-14-3/h11H,4-6,8-10H2,1-3H3. The van der Waals surface area contributed by atoms with Crippen molar-refractivity contribution in [1.82, 2.24) is 4.90 Å². The number of nitrogens with zero attached hydrogens (tertiary/aromatic N) is 2. The van der Waals surface area contributed by atoms with Crippen LogP contribution in [-0.2, 0) is 4.74 Å². The summed E-state index contributed by atoms with van der Waals surface area (Å²) in [5.74, 6) is 0. The Morgan fingerprint density at radius 1 is 1.43 bits per heavy atom. The zero-order valence-corrected chi connectivity index (χ0v) is 9.62. The monoisotopic (exact) mass is 198 g/mol. The molecule has 0 heterocycles. The molecule has 0 fully saturated rings. The number of hydrogen-bond acceptors (Lipinski definition) is 3. The SMILES string of the molecule is CCCC(C)N(CCC#N)CCOC. The van der Waals surface area contributed by atoms with Crippen molar-refractivity contribution < 1.29 is 4.74 Å². The molecule has 3 nitrogen and oxygen atoms in total. The lowest BCUT2D eigenvalue weighted by Crippen LogP contribution is -2.36. The zero-order valence-electron chi connectivity index (χ0n) is 9.62. The predicted octanol–water partition coefficient (Wildman–Crippen LogP) is 2.04. The van der Waals surface area contributed by atoms with Gasteiger partial charge in [0, 0.05) is 32.7 Å². The lowest BCUT2D eigenvalue weighted by Gasteiger charge is -2.27. The molecule has 1 unspecified atom stereocenters. The maximum absolute atomic E-state index is 8.54.